The maximum absolute atomic E-state index is 5.95. The van der Waals surface area contributed by atoms with Gasteiger partial charge in [-0.25, -0.2) is 0 Å². The molecule has 0 bridgehead atoms. The molecule has 0 aliphatic heterocycles. The van der Waals surface area contributed by atoms with Crippen molar-refractivity contribution in [3.63, 3.8) is 0 Å². The number of nitrogens with zero attached hydrogens (tertiary/aromatic N) is 3. The minimum atomic E-state index is 0. The van der Waals surface area contributed by atoms with Crippen LogP contribution in [-0.2, 0) is 6.42 Å². The van der Waals surface area contributed by atoms with E-state index in [0.29, 0.717) is 30.9 Å². The second-order valence-corrected chi connectivity index (χ2v) is 6.05. The minimum absolute atomic E-state index is 0. The fourth-order valence-corrected chi connectivity index (χ4v) is 2.55. The number of halogens is 1. The van der Waals surface area contributed by atoms with Gasteiger partial charge in [0.15, 0.2) is 11.8 Å². The van der Waals surface area contributed by atoms with Crippen molar-refractivity contribution >= 4 is 29.9 Å². The summed E-state index contributed by atoms with van der Waals surface area (Å²) in [6, 6.07) is 0.479. The van der Waals surface area contributed by atoms with Gasteiger partial charge in [0, 0.05) is 18.4 Å². The van der Waals surface area contributed by atoms with Crippen molar-refractivity contribution in [3.05, 3.63) is 11.7 Å². The highest BCUT2D eigenvalue weighted by Crippen LogP contribution is 2.16. The van der Waals surface area contributed by atoms with Crippen molar-refractivity contribution in [2.24, 2.45) is 10.7 Å². The molecule has 1 aliphatic rings. The lowest BCUT2D eigenvalue weighted by Crippen LogP contribution is -2.40. The van der Waals surface area contributed by atoms with Gasteiger partial charge >= 0.3 is 0 Å². The summed E-state index contributed by atoms with van der Waals surface area (Å²) in [5.41, 5.74) is 5.95. The van der Waals surface area contributed by atoms with Gasteiger partial charge in [0.05, 0.1) is 6.54 Å². The van der Waals surface area contributed by atoms with Gasteiger partial charge in [-0.1, -0.05) is 44.7 Å². The Morgan fingerprint density at radius 1 is 1.32 bits per heavy atom. The Kier molecular flexibility index (Phi) is 8.74. The number of nitrogens with two attached hydrogens (primary N) is 1. The van der Waals surface area contributed by atoms with E-state index in [2.05, 4.69) is 20.4 Å². The van der Waals surface area contributed by atoms with E-state index < -0.39 is 0 Å². The third-order valence-corrected chi connectivity index (χ3v) is 3.82. The van der Waals surface area contributed by atoms with E-state index in [1.54, 1.807) is 0 Å². The lowest BCUT2D eigenvalue weighted by molar-refractivity contribution is 0.372. The molecule has 1 aromatic heterocycles. The molecular formula is C15H28IN5O. The SMILES string of the molecule is CC(C)c1noc(CCN=C(N)NC2CCCCCC2)n1.I. The van der Waals surface area contributed by atoms with Crippen LogP contribution in [0.15, 0.2) is 9.52 Å². The van der Waals surface area contributed by atoms with E-state index in [0.717, 1.165) is 5.82 Å². The Morgan fingerprint density at radius 2 is 2.00 bits per heavy atom. The zero-order chi connectivity index (χ0) is 15.1. The zero-order valence-corrected chi connectivity index (χ0v) is 15.9. The molecule has 1 fully saturated rings. The van der Waals surface area contributed by atoms with Gasteiger partial charge < -0.3 is 15.6 Å². The molecule has 0 unspecified atom stereocenters. The van der Waals surface area contributed by atoms with Gasteiger partial charge in [-0.15, -0.1) is 24.0 Å². The molecule has 3 N–H and O–H groups in total. The van der Waals surface area contributed by atoms with Crippen LogP contribution in [0.5, 0.6) is 0 Å². The largest absolute Gasteiger partial charge is 0.370 e. The van der Waals surface area contributed by atoms with Crippen LogP contribution in [0.4, 0.5) is 0 Å². The van der Waals surface area contributed by atoms with E-state index in [4.69, 9.17) is 10.3 Å². The van der Waals surface area contributed by atoms with Crippen LogP contribution in [0.1, 0.15) is 70.0 Å². The van der Waals surface area contributed by atoms with E-state index in [1.165, 1.54) is 38.5 Å². The fourth-order valence-electron chi connectivity index (χ4n) is 2.55. The highest BCUT2D eigenvalue weighted by atomic mass is 127. The van der Waals surface area contributed by atoms with Crippen LogP contribution in [0, 0.1) is 0 Å². The molecule has 126 valence electrons. The number of guanidine groups is 1. The maximum atomic E-state index is 5.95. The van der Waals surface area contributed by atoms with Gasteiger partial charge in [-0.2, -0.15) is 4.98 Å². The van der Waals surface area contributed by atoms with Gasteiger partial charge in [0.2, 0.25) is 5.89 Å². The summed E-state index contributed by atoms with van der Waals surface area (Å²) in [7, 11) is 0. The molecule has 22 heavy (non-hydrogen) atoms. The molecular weight excluding hydrogens is 393 g/mol. The molecule has 1 aromatic rings. The molecule has 1 saturated carbocycles. The summed E-state index contributed by atoms with van der Waals surface area (Å²) in [5.74, 6) is 2.20. The average molecular weight is 421 g/mol. The van der Waals surface area contributed by atoms with E-state index in [1.807, 2.05) is 13.8 Å². The molecule has 0 radical (unpaired) electrons. The van der Waals surface area contributed by atoms with E-state index in [-0.39, 0.29) is 29.9 Å². The first-order valence-corrected chi connectivity index (χ1v) is 8.04. The second-order valence-electron chi connectivity index (χ2n) is 6.05. The number of aromatic nitrogens is 2. The molecule has 6 nitrogen and oxygen atoms in total. The van der Waals surface area contributed by atoms with Crippen LogP contribution in [0.25, 0.3) is 0 Å². The Bertz CT molecular complexity index is 453. The van der Waals surface area contributed by atoms with Crippen LogP contribution in [-0.4, -0.2) is 28.7 Å². The van der Waals surface area contributed by atoms with Gasteiger partial charge in [0.25, 0.3) is 0 Å². The molecule has 2 rings (SSSR count). The molecule has 0 spiro atoms. The predicted molar refractivity (Wildman–Crippen MR) is 98.6 cm³/mol. The van der Waals surface area contributed by atoms with Crippen molar-refractivity contribution in [2.45, 2.75) is 70.8 Å². The number of rotatable bonds is 5. The molecule has 1 heterocycles. The average Bonchev–Trinajstić information content (AvgIpc) is 2.77. The lowest BCUT2D eigenvalue weighted by atomic mass is 10.1. The van der Waals surface area contributed by atoms with Crippen LogP contribution in [0.2, 0.25) is 0 Å². The first-order valence-electron chi connectivity index (χ1n) is 8.04. The Balaban J connectivity index is 0.00000242. The molecule has 1 aliphatic carbocycles. The summed E-state index contributed by atoms with van der Waals surface area (Å²) in [6.45, 7) is 4.66. The Labute approximate surface area is 149 Å². The normalized spacial score (nSPS) is 17.1. The topological polar surface area (TPSA) is 89.3 Å². The first-order chi connectivity index (χ1) is 10.1. The summed E-state index contributed by atoms with van der Waals surface area (Å²) >= 11 is 0. The van der Waals surface area contributed by atoms with Crippen molar-refractivity contribution in [3.8, 4) is 0 Å². The molecule has 0 amide bonds. The Hall–Kier alpha value is -0.860. The summed E-state index contributed by atoms with van der Waals surface area (Å²) in [5, 5.41) is 7.27. The monoisotopic (exact) mass is 421 g/mol. The first kappa shape index (κ1) is 19.2. The van der Waals surface area contributed by atoms with E-state index >= 15 is 0 Å². The van der Waals surface area contributed by atoms with Crippen molar-refractivity contribution < 1.29 is 4.52 Å². The van der Waals surface area contributed by atoms with Gasteiger partial charge in [-0.05, 0) is 12.8 Å². The van der Waals surface area contributed by atoms with Gasteiger partial charge in [-0.3, -0.25) is 4.99 Å². The summed E-state index contributed by atoms with van der Waals surface area (Å²) in [4.78, 5) is 8.68. The van der Waals surface area contributed by atoms with Crippen LogP contribution in [0.3, 0.4) is 0 Å². The maximum Gasteiger partial charge on any atom is 0.228 e. The number of hydrogen-bond acceptors (Lipinski definition) is 4. The third kappa shape index (κ3) is 6.50. The number of aliphatic imine (C=N–C) groups is 1. The highest BCUT2D eigenvalue weighted by molar-refractivity contribution is 14.0. The van der Waals surface area contributed by atoms with Gasteiger partial charge in [0.1, 0.15) is 0 Å². The molecule has 0 aromatic carbocycles. The third-order valence-electron chi connectivity index (χ3n) is 3.82. The van der Waals surface area contributed by atoms with Crippen molar-refractivity contribution in [1.82, 2.24) is 15.5 Å². The van der Waals surface area contributed by atoms with Crippen LogP contribution >= 0.6 is 24.0 Å². The van der Waals surface area contributed by atoms with Crippen molar-refractivity contribution in [2.75, 3.05) is 6.54 Å². The summed E-state index contributed by atoms with van der Waals surface area (Å²) < 4.78 is 5.18. The second kappa shape index (κ2) is 10.0. The number of nitrogens with one attached hydrogen (secondary N) is 1. The fraction of sp³-hybridized carbons (Fsp3) is 0.800. The van der Waals surface area contributed by atoms with Crippen LogP contribution < -0.4 is 11.1 Å². The Morgan fingerprint density at radius 3 is 2.59 bits per heavy atom. The summed E-state index contributed by atoms with van der Waals surface area (Å²) in [6.07, 6.45) is 8.26. The minimum Gasteiger partial charge on any atom is -0.370 e. The number of hydrogen-bond donors (Lipinski definition) is 2. The smallest absolute Gasteiger partial charge is 0.228 e. The molecule has 7 heteroatoms. The molecule has 0 atom stereocenters. The van der Waals surface area contributed by atoms with Crippen molar-refractivity contribution in [1.29, 1.82) is 0 Å². The standard InChI is InChI=1S/C15H27N5O.HI/c1-11(2)14-19-13(21-20-14)9-10-17-15(16)18-12-7-5-3-4-6-8-12;/h11-12H,3-10H2,1-2H3,(H3,16,17,18);1H. The zero-order valence-electron chi connectivity index (χ0n) is 13.5. The highest BCUT2D eigenvalue weighted by Gasteiger charge is 2.12. The quantitative estimate of drug-likeness (QED) is 0.330. The molecule has 0 saturated heterocycles. The predicted octanol–water partition coefficient (Wildman–Crippen LogP) is 2.98. The lowest BCUT2D eigenvalue weighted by Gasteiger charge is -2.16. The van der Waals surface area contributed by atoms with E-state index in [9.17, 15) is 0 Å².